The number of ketones is 1. The van der Waals surface area contributed by atoms with Crippen LogP contribution in [-0.4, -0.2) is 5.78 Å². The van der Waals surface area contributed by atoms with Gasteiger partial charge in [0.05, 0.1) is 0 Å². The van der Waals surface area contributed by atoms with E-state index in [0.717, 1.165) is 19.3 Å². The van der Waals surface area contributed by atoms with Gasteiger partial charge >= 0.3 is 0 Å². The number of carbonyl (C=O) groups is 1. The van der Waals surface area contributed by atoms with Gasteiger partial charge in [-0.25, -0.2) is 0 Å². The Balaban J connectivity index is 2.10. The number of Topliss-reactive ketones (excluding diaryl/α,β-unsaturated/α-hetero) is 1. The van der Waals surface area contributed by atoms with Gasteiger partial charge in [0.15, 0.2) is 5.78 Å². The number of rotatable bonds is 0. The van der Waals surface area contributed by atoms with Crippen molar-refractivity contribution in [2.75, 3.05) is 0 Å². The average molecular weight is 254 g/mol. The molecule has 3 aliphatic carbocycles. The van der Waals surface area contributed by atoms with Crippen LogP contribution in [0.15, 0.2) is 11.1 Å². The summed E-state index contributed by atoms with van der Waals surface area (Å²) in [7, 11) is 0. The molecule has 0 bridgehead atoms. The first kappa shape index (κ1) is 12.4. The Morgan fingerprint density at radius 2 is 1.89 bits per heavy atom. The fourth-order valence-electron chi connectivity index (χ4n) is 4.85. The van der Waals surface area contributed by atoms with Crippen LogP contribution in [0.5, 0.6) is 0 Å². The third kappa shape index (κ3) is 1.72. The molecule has 5 atom stereocenters. The van der Waals surface area contributed by atoms with Crippen molar-refractivity contribution in [3.05, 3.63) is 11.1 Å². The minimum atomic E-state index is 0.0808. The summed E-state index contributed by atoms with van der Waals surface area (Å²) in [5, 5.41) is 18.2. The minimum Gasteiger partial charge on any atom is -0.294 e. The van der Waals surface area contributed by atoms with Gasteiger partial charge in [-0.2, -0.15) is 10.5 Å². The van der Waals surface area contributed by atoms with Crippen molar-refractivity contribution in [2.45, 2.75) is 39.0 Å². The average Bonchev–Trinajstić information content (AvgIpc) is 2.68. The second-order valence-electron chi connectivity index (χ2n) is 6.43. The highest BCUT2D eigenvalue weighted by Gasteiger charge is 2.54. The summed E-state index contributed by atoms with van der Waals surface area (Å²) in [6.45, 7) is 2.23. The van der Waals surface area contributed by atoms with Crippen molar-refractivity contribution in [2.24, 2.45) is 29.6 Å². The first-order valence-electron chi connectivity index (χ1n) is 7.26. The van der Waals surface area contributed by atoms with Gasteiger partial charge in [-0.1, -0.05) is 19.8 Å². The SMILES string of the molecule is CC1CC2CCCC3C(=O)C(=C(C#N)C#N)C(C1)C23. The molecule has 3 fully saturated rings. The molecule has 3 heteroatoms. The Morgan fingerprint density at radius 1 is 1.16 bits per heavy atom. The van der Waals surface area contributed by atoms with Crippen molar-refractivity contribution in [1.29, 1.82) is 10.5 Å². The van der Waals surface area contributed by atoms with Crippen LogP contribution >= 0.6 is 0 Å². The van der Waals surface area contributed by atoms with E-state index < -0.39 is 0 Å². The summed E-state index contributed by atoms with van der Waals surface area (Å²) < 4.78 is 0. The Morgan fingerprint density at radius 3 is 2.58 bits per heavy atom. The van der Waals surface area contributed by atoms with E-state index in [1.165, 1.54) is 12.8 Å². The maximum absolute atomic E-state index is 12.6. The van der Waals surface area contributed by atoms with Gasteiger partial charge in [0.1, 0.15) is 17.7 Å². The lowest BCUT2D eigenvalue weighted by Crippen LogP contribution is -2.35. The van der Waals surface area contributed by atoms with E-state index >= 15 is 0 Å². The molecule has 0 saturated heterocycles. The molecule has 0 aliphatic heterocycles. The first-order chi connectivity index (χ1) is 9.17. The first-order valence-corrected chi connectivity index (χ1v) is 7.26. The topological polar surface area (TPSA) is 64.7 Å². The molecule has 19 heavy (non-hydrogen) atoms. The molecule has 98 valence electrons. The number of hydrogen-bond donors (Lipinski definition) is 0. The molecule has 5 unspecified atom stereocenters. The van der Waals surface area contributed by atoms with E-state index in [0.29, 0.717) is 23.3 Å². The number of allylic oxidation sites excluding steroid dienone is 2. The Bertz CT molecular complexity index is 518. The normalized spacial score (nSPS) is 40.3. The lowest BCUT2D eigenvalue weighted by molar-refractivity contribution is -0.120. The molecule has 0 heterocycles. The monoisotopic (exact) mass is 254 g/mol. The second kappa shape index (κ2) is 4.49. The summed E-state index contributed by atoms with van der Waals surface area (Å²) in [6, 6.07) is 3.90. The Kier molecular flexibility index (Phi) is 2.94. The van der Waals surface area contributed by atoms with E-state index in [1.54, 1.807) is 0 Å². The quantitative estimate of drug-likeness (QED) is 0.493. The summed E-state index contributed by atoms with van der Waals surface area (Å²) in [5.74, 6) is 2.05. The molecule has 0 radical (unpaired) electrons. The zero-order valence-corrected chi connectivity index (χ0v) is 11.2. The number of nitriles is 2. The fraction of sp³-hybridized carbons (Fsp3) is 0.688. The lowest BCUT2D eigenvalue weighted by atomic mass is 9.62. The molecule has 0 aromatic rings. The summed E-state index contributed by atoms with van der Waals surface area (Å²) >= 11 is 0. The zero-order chi connectivity index (χ0) is 13.6. The maximum Gasteiger partial charge on any atom is 0.164 e. The molecular formula is C16H18N2O. The zero-order valence-electron chi connectivity index (χ0n) is 11.2. The van der Waals surface area contributed by atoms with Crippen LogP contribution in [0.25, 0.3) is 0 Å². The highest BCUT2D eigenvalue weighted by Crippen LogP contribution is 2.56. The minimum absolute atomic E-state index is 0.0808. The van der Waals surface area contributed by atoms with E-state index in [4.69, 9.17) is 10.5 Å². The number of nitrogens with zero attached hydrogens (tertiary/aromatic N) is 2. The van der Waals surface area contributed by atoms with Crippen molar-refractivity contribution in [3.63, 3.8) is 0 Å². The van der Waals surface area contributed by atoms with Gasteiger partial charge < -0.3 is 0 Å². The van der Waals surface area contributed by atoms with Gasteiger partial charge in [-0.05, 0) is 42.9 Å². The molecular weight excluding hydrogens is 236 g/mol. The Hall–Kier alpha value is -1.61. The molecule has 3 aliphatic rings. The standard InChI is InChI=1S/C16H18N2O/c1-9-5-10-3-2-4-12-14(10)13(6-9)15(16(12)19)11(7-17)8-18/h9-10,12-14H,2-6H2,1H3. The van der Waals surface area contributed by atoms with Crippen LogP contribution in [0.1, 0.15) is 39.0 Å². The highest BCUT2D eigenvalue weighted by atomic mass is 16.1. The molecule has 3 rings (SSSR count). The van der Waals surface area contributed by atoms with Crippen molar-refractivity contribution in [1.82, 2.24) is 0 Å². The Labute approximate surface area is 113 Å². The van der Waals surface area contributed by atoms with Gasteiger partial charge in [0, 0.05) is 11.5 Å². The van der Waals surface area contributed by atoms with Gasteiger partial charge in [-0.15, -0.1) is 0 Å². The molecule has 0 spiro atoms. The molecule has 3 nitrogen and oxygen atoms in total. The summed E-state index contributed by atoms with van der Waals surface area (Å²) in [5.41, 5.74) is 0.663. The van der Waals surface area contributed by atoms with Crippen LogP contribution in [0.2, 0.25) is 0 Å². The van der Waals surface area contributed by atoms with Crippen molar-refractivity contribution < 1.29 is 4.79 Å². The van der Waals surface area contributed by atoms with E-state index in [-0.39, 0.29) is 23.2 Å². The lowest BCUT2D eigenvalue weighted by Gasteiger charge is -2.42. The van der Waals surface area contributed by atoms with Crippen LogP contribution in [0.4, 0.5) is 0 Å². The van der Waals surface area contributed by atoms with Crippen molar-refractivity contribution in [3.8, 4) is 12.1 Å². The molecule has 0 amide bonds. The molecule has 0 aromatic carbocycles. The van der Waals surface area contributed by atoms with Crippen LogP contribution in [0, 0.1) is 52.3 Å². The molecule has 3 saturated carbocycles. The van der Waals surface area contributed by atoms with Gasteiger partial charge in [0.2, 0.25) is 0 Å². The summed E-state index contributed by atoms with van der Waals surface area (Å²) in [4.78, 5) is 12.6. The molecule has 0 aromatic heterocycles. The van der Waals surface area contributed by atoms with Crippen LogP contribution in [-0.2, 0) is 4.79 Å². The fourth-order valence-corrected chi connectivity index (χ4v) is 4.85. The van der Waals surface area contributed by atoms with Gasteiger partial charge in [-0.3, -0.25) is 4.79 Å². The maximum atomic E-state index is 12.6. The second-order valence-corrected chi connectivity index (χ2v) is 6.43. The van der Waals surface area contributed by atoms with Crippen LogP contribution in [0.3, 0.4) is 0 Å². The predicted molar refractivity (Wildman–Crippen MR) is 69.5 cm³/mol. The number of hydrogen-bond acceptors (Lipinski definition) is 3. The van der Waals surface area contributed by atoms with Crippen LogP contribution < -0.4 is 0 Å². The summed E-state index contributed by atoms with van der Waals surface area (Å²) in [6.07, 6.45) is 5.49. The largest absolute Gasteiger partial charge is 0.294 e. The number of carbonyl (C=O) groups excluding carboxylic acids is 1. The predicted octanol–water partition coefficient (Wildman–Crippen LogP) is 2.99. The van der Waals surface area contributed by atoms with Gasteiger partial charge in [0.25, 0.3) is 0 Å². The van der Waals surface area contributed by atoms with E-state index in [9.17, 15) is 4.79 Å². The third-order valence-electron chi connectivity index (χ3n) is 5.39. The third-order valence-corrected chi connectivity index (χ3v) is 5.39. The van der Waals surface area contributed by atoms with E-state index in [1.807, 2.05) is 12.1 Å². The smallest absolute Gasteiger partial charge is 0.164 e. The molecule has 0 N–H and O–H groups in total. The van der Waals surface area contributed by atoms with Crippen molar-refractivity contribution >= 4 is 5.78 Å². The van der Waals surface area contributed by atoms with E-state index in [2.05, 4.69) is 6.92 Å². The highest BCUT2D eigenvalue weighted by molar-refractivity contribution is 6.02.